The van der Waals surface area contributed by atoms with Crippen molar-refractivity contribution in [2.24, 2.45) is 11.8 Å². The smallest absolute Gasteiger partial charge is 0.410 e. The average Bonchev–Trinajstić information content (AvgIpc) is 2.35. The van der Waals surface area contributed by atoms with Crippen LogP contribution in [0.5, 0.6) is 0 Å². The molecule has 1 aliphatic rings. The van der Waals surface area contributed by atoms with E-state index in [1.54, 1.807) is 0 Å². The topological polar surface area (TPSA) is 41.6 Å². The summed E-state index contributed by atoms with van der Waals surface area (Å²) in [6.07, 6.45) is 3.68. The fourth-order valence-electron chi connectivity index (χ4n) is 3.07. The minimum absolute atomic E-state index is 0.152. The van der Waals surface area contributed by atoms with E-state index in [2.05, 4.69) is 19.2 Å². The second-order valence-corrected chi connectivity index (χ2v) is 8.22. The molecule has 1 fully saturated rings. The quantitative estimate of drug-likeness (QED) is 0.833. The molecule has 3 unspecified atom stereocenters. The fraction of sp³-hybridized carbons (Fsp3) is 0.944. The Morgan fingerprint density at radius 3 is 2.45 bits per heavy atom. The lowest BCUT2D eigenvalue weighted by molar-refractivity contribution is 0.0190. The van der Waals surface area contributed by atoms with Gasteiger partial charge in [-0.15, -0.1) is 0 Å². The van der Waals surface area contributed by atoms with Crippen LogP contribution in [0.15, 0.2) is 0 Å². The van der Waals surface area contributed by atoms with E-state index in [4.69, 9.17) is 4.74 Å². The molecule has 0 saturated heterocycles. The Bertz CT molecular complexity index is 349. The summed E-state index contributed by atoms with van der Waals surface area (Å²) in [5.41, 5.74) is -0.440. The summed E-state index contributed by atoms with van der Waals surface area (Å²) in [5.74, 6) is 1.53. The van der Waals surface area contributed by atoms with Crippen molar-refractivity contribution in [3.05, 3.63) is 0 Å². The van der Waals surface area contributed by atoms with Crippen molar-refractivity contribution in [1.29, 1.82) is 0 Å². The van der Waals surface area contributed by atoms with Crippen molar-refractivity contribution in [3.63, 3.8) is 0 Å². The number of carbonyl (C=O) groups is 1. The molecule has 1 rings (SSSR count). The zero-order chi connectivity index (χ0) is 16.9. The van der Waals surface area contributed by atoms with Crippen molar-refractivity contribution in [2.45, 2.75) is 85.4 Å². The molecule has 22 heavy (non-hydrogen) atoms. The maximum Gasteiger partial charge on any atom is 0.410 e. The Balaban J connectivity index is 2.46. The SMILES string of the molecule is CC1CCC(C)C(NCCN(C(=O)OC(C)(C)C)C(C)C)C1. The highest BCUT2D eigenvalue weighted by Crippen LogP contribution is 2.28. The van der Waals surface area contributed by atoms with E-state index in [0.29, 0.717) is 12.6 Å². The molecule has 1 aliphatic carbocycles. The molecule has 0 aromatic carbocycles. The van der Waals surface area contributed by atoms with Crippen LogP contribution in [0.2, 0.25) is 0 Å². The monoisotopic (exact) mass is 312 g/mol. The molecule has 1 saturated carbocycles. The lowest BCUT2D eigenvalue weighted by Crippen LogP contribution is -2.47. The molecule has 130 valence electrons. The van der Waals surface area contributed by atoms with Gasteiger partial charge in [0.2, 0.25) is 0 Å². The third kappa shape index (κ3) is 6.55. The van der Waals surface area contributed by atoms with E-state index in [9.17, 15) is 4.79 Å². The molecule has 0 aliphatic heterocycles. The maximum absolute atomic E-state index is 12.3. The zero-order valence-corrected chi connectivity index (χ0v) is 15.6. The molecule has 1 N–H and O–H groups in total. The first-order valence-corrected chi connectivity index (χ1v) is 8.83. The van der Waals surface area contributed by atoms with Crippen LogP contribution in [0.3, 0.4) is 0 Å². The Morgan fingerprint density at radius 2 is 1.91 bits per heavy atom. The van der Waals surface area contributed by atoms with Crippen LogP contribution in [-0.4, -0.2) is 41.8 Å². The van der Waals surface area contributed by atoms with Gasteiger partial charge in [-0.25, -0.2) is 4.79 Å². The molecular formula is C18H36N2O2. The first-order valence-electron chi connectivity index (χ1n) is 8.83. The largest absolute Gasteiger partial charge is 0.444 e. The van der Waals surface area contributed by atoms with Gasteiger partial charge in [0, 0.05) is 25.2 Å². The Kier molecular flexibility index (Phi) is 7.17. The first kappa shape index (κ1) is 19.3. The number of carbonyl (C=O) groups excluding carboxylic acids is 1. The number of nitrogens with one attached hydrogen (secondary N) is 1. The van der Waals surface area contributed by atoms with Crippen molar-refractivity contribution in [2.75, 3.05) is 13.1 Å². The molecule has 0 bridgehead atoms. The number of rotatable bonds is 5. The second kappa shape index (κ2) is 8.19. The highest BCUT2D eigenvalue weighted by molar-refractivity contribution is 5.68. The van der Waals surface area contributed by atoms with Gasteiger partial charge >= 0.3 is 6.09 Å². The Labute approximate surface area is 137 Å². The van der Waals surface area contributed by atoms with Crippen LogP contribution in [-0.2, 0) is 4.74 Å². The van der Waals surface area contributed by atoms with Gasteiger partial charge in [0.15, 0.2) is 0 Å². The standard InChI is InChI=1S/C18H36N2O2/c1-13(2)20(17(21)22-18(5,6)7)11-10-19-16-12-14(3)8-9-15(16)4/h13-16,19H,8-12H2,1-7H3. The van der Waals surface area contributed by atoms with E-state index < -0.39 is 5.60 Å². The average molecular weight is 312 g/mol. The van der Waals surface area contributed by atoms with Crippen LogP contribution >= 0.6 is 0 Å². The number of amides is 1. The molecule has 1 amide bonds. The summed E-state index contributed by atoms with van der Waals surface area (Å²) in [6, 6.07) is 0.732. The number of nitrogens with zero attached hydrogens (tertiary/aromatic N) is 1. The number of hydrogen-bond donors (Lipinski definition) is 1. The highest BCUT2D eigenvalue weighted by atomic mass is 16.6. The summed E-state index contributed by atoms with van der Waals surface area (Å²) < 4.78 is 5.50. The summed E-state index contributed by atoms with van der Waals surface area (Å²) >= 11 is 0. The van der Waals surface area contributed by atoms with E-state index in [0.717, 1.165) is 18.4 Å². The summed E-state index contributed by atoms with van der Waals surface area (Å²) in [6.45, 7) is 16.0. The van der Waals surface area contributed by atoms with Crippen LogP contribution in [0.25, 0.3) is 0 Å². The molecule has 0 aromatic heterocycles. The van der Waals surface area contributed by atoms with Crippen molar-refractivity contribution in [1.82, 2.24) is 10.2 Å². The van der Waals surface area contributed by atoms with Gasteiger partial charge in [-0.05, 0) is 59.3 Å². The van der Waals surface area contributed by atoms with Crippen LogP contribution < -0.4 is 5.32 Å². The van der Waals surface area contributed by atoms with Gasteiger partial charge in [0.25, 0.3) is 0 Å². The van der Waals surface area contributed by atoms with Gasteiger partial charge in [0.1, 0.15) is 5.60 Å². The number of ether oxygens (including phenoxy) is 1. The van der Waals surface area contributed by atoms with Crippen molar-refractivity contribution >= 4 is 6.09 Å². The van der Waals surface area contributed by atoms with Crippen molar-refractivity contribution in [3.8, 4) is 0 Å². The summed E-state index contributed by atoms with van der Waals surface area (Å²) in [4.78, 5) is 14.1. The van der Waals surface area contributed by atoms with E-state index >= 15 is 0 Å². The third-order valence-electron chi connectivity index (χ3n) is 4.47. The van der Waals surface area contributed by atoms with E-state index in [1.165, 1.54) is 19.3 Å². The number of hydrogen-bond acceptors (Lipinski definition) is 3. The minimum Gasteiger partial charge on any atom is -0.444 e. The van der Waals surface area contributed by atoms with Crippen LogP contribution in [0, 0.1) is 11.8 Å². The van der Waals surface area contributed by atoms with Crippen molar-refractivity contribution < 1.29 is 9.53 Å². The van der Waals surface area contributed by atoms with Crippen LogP contribution in [0.1, 0.15) is 67.7 Å². The van der Waals surface area contributed by atoms with Crippen LogP contribution in [0.4, 0.5) is 4.79 Å². The van der Waals surface area contributed by atoms with E-state index in [1.807, 2.05) is 39.5 Å². The summed E-state index contributed by atoms with van der Waals surface area (Å²) in [7, 11) is 0. The molecule has 3 atom stereocenters. The molecule has 4 heteroatoms. The molecule has 4 nitrogen and oxygen atoms in total. The second-order valence-electron chi connectivity index (χ2n) is 8.22. The lowest BCUT2D eigenvalue weighted by Gasteiger charge is -2.35. The summed E-state index contributed by atoms with van der Waals surface area (Å²) in [5, 5.41) is 3.66. The molecule has 0 heterocycles. The molecule has 0 spiro atoms. The Morgan fingerprint density at radius 1 is 1.27 bits per heavy atom. The Hall–Kier alpha value is -0.770. The predicted octanol–water partition coefficient (Wildman–Crippen LogP) is 4.05. The van der Waals surface area contributed by atoms with Gasteiger partial charge in [0.05, 0.1) is 0 Å². The zero-order valence-electron chi connectivity index (χ0n) is 15.6. The van der Waals surface area contributed by atoms with E-state index in [-0.39, 0.29) is 12.1 Å². The van der Waals surface area contributed by atoms with Gasteiger partial charge in [-0.3, -0.25) is 0 Å². The van der Waals surface area contributed by atoms with Gasteiger partial charge < -0.3 is 15.0 Å². The molecular weight excluding hydrogens is 276 g/mol. The highest BCUT2D eigenvalue weighted by Gasteiger charge is 2.27. The normalized spacial score (nSPS) is 26.1. The minimum atomic E-state index is -0.440. The predicted molar refractivity (Wildman–Crippen MR) is 92.0 cm³/mol. The third-order valence-corrected chi connectivity index (χ3v) is 4.47. The molecule has 0 aromatic rings. The first-order chi connectivity index (χ1) is 10.1. The maximum atomic E-state index is 12.3. The van der Waals surface area contributed by atoms with Gasteiger partial charge in [-0.1, -0.05) is 20.3 Å². The lowest BCUT2D eigenvalue weighted by atomic mass is 9.80. The molecule has 0 radical (unpaired) electrons. The van der Waals surface area contributed by atoms with Gasteiger partial charge in [-0.2, -0.15) is 0 Å². The fourth-order valence-corrected chi connectivity index (χ4v) is 3.07.